The molecule has 3 rings (SSSR count). The highest BCUT2D eigenvalue weighted by Crippen LogP contribution is 2.38. The van der Waals surface area contributed by atoms with Gasteiger partial charge in [-0.05, 0) is 37.5 Å². The smallest absolute Gasteiger partial charge is 0.269 e. The summed E-state index contributed by atoms with van der Waals surface area (Å²) in [4.78, 5) is 12.7. The van der Waals surface area contributed by atoms with Crippen LogP contribution in [-0.2, 0) is 4.74 Å². The third-order valence-corrected chi connectivity index (χ3v) is 4.20. The molecule has 0 aromatic heterocycles. The second-order valence-electron chi connectivity index (χ2n) is 5.42. The van der Waals surface area contributed by atoms with Crippen molar-refractivity contribution >= 4 is 5.69 Å². The van der Waals surface area contributed by atoms with E-state index in [0.29, 0.717) is 12.1 Å². The van der Waals surface area contributed by atoms with Gasteiger partial charge in [0.25, 0.3) is 5.69 Å². The summed E-state index contributed by atoms with van der Waals surface area (Å²) in [5.74, 6) is 0. The highest BCUT2D eigenvalue weighted by Gasteiger charge is 2.40. The zero-order chi connectivity index (χ0) is 13.4. The van der Waals surface area contributed by atoms with Crippen molar-refractivity contribution in [3.8, 4) is 0 Å². The van der Waals surface area contributed by atoms with Gasteiger partial charge in [0, 0.05) is 24.2 Å². The number of fused-ring (bicyclic) bond motifs is 1. The van der Waals surface area contributed by atoms with Crippen LogP contribution in [0.5, 0.6) is 0 Å². The molecule has 1 aromatic rings. The number of ether oxygens (including phenoxy) is 1. The number of nitro groups is 1. The van der Waals surface area contributed by atoms with Crippen LogP contribution in [0.3, 0.4) is 0 Å². The molecule has 0 aliphatic carbocycles. The van der Waals surface area contributed by atoms with Gasteiger partial charge in [-0.15, -0.1) is 0 Å². The molecule has 19 heavy (non-hydrogen) atoms. The van der Waals surface area contributed by atoms with Crippen LogP contribution in [0, 0.1) is 10.1 Å². The van der Waals surface area contributed by atoms with Crippen molar-refractivity contribution in [1.82, 2.24) is 4.90 Å². The number of nitrogens with zero attached hydrogens (tertiary/aromatic N) is 2. The summed E-state index contributed by atoms with van der Waals surface area (Å²) in [6.07, 6.45) is 3.61. The van der Waals surface area contributed by atoms with E-state index in [0.717, 1.165) is 12.2 Å². The molecule has 0 bridgehead atoms. The first-order chi connectivity index (χ1) is 9.16. The predicted molar refractivity (Wildman–Crippen MR) is 70.7 cm³/mol. The summed E-state index contributed by atoms with van der Waals surface area (Å²) < 4.78 is 5.91. The Balaban J connectivity index is 1.83. The van der Waals surface area contributed by atoms with Crippen molar-refractivity contribution in [2.45, 2.75) is 44.5 Å². The van der Waals surface area contributed by atoms with Gasteiger partial charge in [-0.3, -0.25) is 15.0 Å². The lowest BCUT2D eigenvalue weighted by atomic mass is 9.97. The van der Waals surface area contributed by atoms with Crippen LogP contribution in [0.4, 0.5) is 5.69 Å². The van der Waals surface area contributed by atoms with E-state index in [-0.39, 0.29) is 16.8 Å². The van der Waals surface area contributed by atoms with Gasteiger partial charge in [0.15, 0.2) is 0 Å². The Morgan fingerprint density at radius 2 is 2.05 bits per heavy atom. The summed E-state index contributed by atoms with van der Waals surface area (Å²) in [6.45, 7) is 3.01. The number of hydrogen-bond acceptors (Lipinski definition) is 4. The number of nitro benzene ring substituents is 1. The maximum Gasteiger partial charge on any atom is 0.269 e. The molecule has 5 heteroatoms. The van der Waals surface area contributed by atoms with Crippen molar-refractivity contribution in [3.05, 3.63) is 39.9 Å². The maximum atomic E-state index is 10.7. The Hall–Kier alpha value is -1.46. The van der Waals surface area contributed by atoms with Crippen molar-refractivity contribution in [2.75, 3.05) is 6.61 Å². The summed E-state index contributed by atoms with van der Waals surface area (Å²) >= 11 is 0. The van der Waals surface area contributed by atoms with Crippen LogP contribution in [0.15, 0.2) is 24.3 Å². The zero-order valence-corrected chi connectivity index (χ0v) is 11.0. The molecule has 102 valence electrons. The molecule has 0 saturated carbocycles. The Labute approximate surface area is 112 Å². The SMILES string of the molecule is C[C@@H]1CCC[C@@H]2CO[C@H](c3ccc([N+](=O)[O-])cc3)N21. The molecule has 2 aliphatic rings. The van der Waals surface area contributed by atoms with Gasteiger partial charge in [0.2, 0.25) is 0 Å². The molecular formula is C14H18N2O3. The topological polar surface area (TPSA) is 55.6 Å². The number of benzene rings is 1. The number of hydrogen-bond donors (Lipinski definition) is 0. The minimum absolute atomic E-state index is 0.0406. The predicted octanol–water partition coefficient (Wildman–Crippen LogP) is 2.87. The zero-order valence-electron chi connectivity index (χ0n) is 11.0. The van der Waals surface area contributed by atoms with Gasteiger partial charge in [0.05, 0.1) is 11.5 Å². The molecule has 0 N–H and O–H groups in total. The Morgan fingerprint density at radius 3 is 2.74 bits per heavy atom. The molecule has 0 spiro atoms. The fraction of sp³-hybridized carbons (Fsp3) is 0.571. The molecule has 5 nitrogen and oxygen atoms in total. The summed E-state index contributed by atoms with van der Waals surface area (Å²) in [5, 5.41) is 10.7. The number of piperidine rings is 1. The van der Waals surface area contributed by atoms with Gasteiger partial charge in [-0.25, -0.2) is 0 Å². The summed E-state index contributed by atoms with van der Waals surface area (Å²) in [7, 11) is 0. The van der Waals surface area contributed by atoms with E-state index in [1.54, 1.807) is 12.1 Å². The molecule has 3 atom stereocenters. The highest BCUT2D eigenvalue weighted by molar-refractivity contribution is 5.34. The Bertz CT molecular complexity index is 474. The average molecular weight is 262 g/mol. The second kappa shape index (κ2) is 4.90. The Kier molecular flexibility index (Phi) is 3.24. The van der Waals surface area contributed by atoms with Crippen molar-refractivity contribution < 1.29 is 9.66 Å². The third kappa shape index (κ3) is 2.24. The fourth-order valence-corrected chi connectivity index (χ4v) is 3.22. The van der Waals surface area contributed by atoms with E-state index < -0.39 is 0 Å². The normalized spacial score (nSPS) is 31.1. The van der Waals surface area contributed by atoms with Crippen LogP contribution in [0.2, 0.25) is 0 Å². The fourth-order valence-electron chi connectivity index (χ4n) is 3.22. The van der Waals surface area contributed by atoms with Gasteiger partial charge in [0.1, 0.15) is 6.23 Å². The van der Waals surface area contributed by atoms with E-state index >= 15 is 0 Å². The maximum absolute atomic E-state index is 10.7. The summed E-state index contributed by atoms with van der Waals surface area (Å²) in [6, 6.07) is 7.76. The molecule has 2 heterocycles. The highest BCUT2D eigenvalue weighted by atomic mass is 16.6. The van der Waals surface area contributed by atoms with Crippen LogP contribution in [0.1, 0.15) is 38.0 Å². The van der Waals surface area contributed by atoms with Crippen LogP contribution in [-0.4, -0.2) is 28.5 Å². The van der Waals surface area contributed by atoms with Gasteiger partial charge in [-0.1, -0.05) is 6.42 Å². The first-order valence-electron chi connectivity index (χ1n) is 6.80. The largest absolute Gasteiger partial charge is 0.357 e. The molecular weight excluding hydrogens is 244 g/mol. The van der Waals surface area contributed by atoms with Crippen LogP contribution >= 0.6 is 0 Å². The molecule has 0 amide bonds. The lowest BCUT2D eigenvalue weighted by molar-refractivity contribution is -0.384. The standard InChI is InChI=1S/C14H18N2O3/c1-10-3-2-4-13-9-19-14(15(10)13)11-5-7-12(8-6-11)16(17)18/h5-8,10,13-14H,2-4,9H2,1H3/t10-,13-,14-/m1/s1. The Morgan fingerprint density at radius 1 is 1.32 bits per heavy atom. The van der Waals surface area contributed by atoms with Gasteiger partial charge >= 0.3 is 0 Å². The van der Waals surface area contributed by atoms with Crippen LogP contribution < -0.4 is 0 Å². The van der Waals surface area contributed by atoms with E-state index in [9.17, 15) is 10.1 Å². The third-order valence-electron chi connectivity index (χ3n) is 4.20. The quantitative estimate of drug-likeness (QED) is 0.607. The van der Waals surface area contributed by atoms with Gasteiger partial charge < -0.3 is 4.74 Å². The number of non-ortho nitro benzene ring substituents is 1. The molecule has 2 aliphatic heterocycles. The van der Waals surface area contributed by atoms with E-state index in [1.807, 2.05) is 12.1 Å². The van der Waals surface area contributed by atoms with Crippen molar-refractivity contribution in [3.63, 3.8) is 0 Å². The lowest BCUT2D eigenvalue weighted by Crippen LogP contribution is -2.43. The second-order valence-corrected chi connectivity index (χ2v) is 5.42. The minimum Gasteiger partial charge on any atom is -0.357 e. The lowest BCUT2D eigenvalue weighted by Gasteiger charge is -2.37. The monoisotopic (exact) mass is 262 g/mol. The molecule has 0 unspecified atom stereocenters. The average Bonchev–Trinajstić information content (AvgIpc) is 2.84. The van der Waals surface area contributed by atoms with E-state index in [4.69, 9.17) is 4.74 Å². The minimum atomic E-state index is -0.369. The van der Waals surface area contributed by atoms with Gasteiger partial charge in [-0.2, -0.15) is 0 Å². The molecule has 0 radical (unpaired) electrons. The number of rotatable bonds is 2. The first kappa shape index (κ1) is 12.6. The first-order valence-corrected chi connectivity index (χ1v) is 6.80. The molecule has 2 fully saturated rings. The molecule has 2 saturated heterocycles. The summed E-state index contributed by atoms with van der Waals surface area (Å²) in [5.41, 5.74) is 1.15. The molecule has 1 aromatic carbocycles. The van der Waals surface area contributed by atoms with E-state index in [1.165, 1.54) is 19.3 Å². The van der Waals surface area contributed by atoms with Crippen molar-refractivity contribution in [2.24, 2.45) is 0 Å². The van der Waals surface area contributed by atoms with Crippen LogP contribution in [0.25, 0.3) is 0 Å². The van der Waals surface area contributed by atoms with E-state index in [2.05, 4.69) is 11.8 Å². The van der Waals surface area contributed by atoms with Crippen molar-refractivity contribution in [1.29, 1.82) is 0 Å².